The molecule has 1 saturated carbocycles. The molecule has 2 N–H and O–H groups in total. The van der Waals surface area contributed by atoms with Gasteiger partial charge in [-0.05, 0) is 37.2 Å². The Hall–Kier alpha value is -1.06. The lowest BCUT2D eigenvalue weighted by Gasteiger charge is -2.36. The molecule has 1 aromatic rings. The first-order chi connectivity index (χ1) is 9.55. The Bertz CT molecular complexity index is 421. The summed E-state index contributed by atoms with van der Waals surface area (Å²) in [5.41, 5.74) is 7.44. The first kappa shape index (κ1) is 15.3. The van der Waals surface area contributed by atoms with Crippen LogP contribution in [0.15, 0.2) is 24.3 Å². The second-order valence-electron chi connectivity index (χ2n) is 6.47. The van der Waals surface area contributed by atoms with E-state index >= 15 is 0 Å². The summed E-state index contributed by atoms with van der Waals surface area (Å²) >= 11 is 0. The molecule has 112 valence electrons. The van der Waals surface area contributed by atoms with E-state index in [2.05, 4.69) is 13.8 Å². The highest BCUT2D eigenvalue weighted by atomic mass is 16.5. The third-order valence-electron chi connectivity index (χ3n) is 4.34. The van der Waals surface area contributed by atoms with Crippen LogP contribution in [0.5, 0.6) is 5.75 Å². The zero-order valence-electron chi connectivity index (χ0n) is 12.9. The van der Waals surface area contributed by atoms with Gasteiger partial charge in [0.05, 0.1) is 19.3 Å². The SMILES string of the molecule is COc1ccccc1C(CN)OC1CCC(C)(C)CC1. The van der Waals surface area contributed by atoms with Crippen LogP contribution in [-0.4, -0.2) is 19.8 Å². The Morgan fingerprint density at radius 2 is 1.90 bits per heavy atom. The maximum atomic E-state index is 6.26. The van der Waals surface area contributed by atoms with E-state index in [0.29, 0.717) is 18.1 Å². The normalized spacial score (nSPS) is 20.6. The minimum atomic E-state index is -0.0719. The number of benzene rings is 1. The number of para-hydroxylation sites is 1. The topological polar surface area (TPSA) is 44.5 Å². The fraction of sp³-hybridized carbons (Fsp3) is 0.647. The number of hydrogen-bond donors (Lipinski definition) is 1. The van der Waals surface area contributed by atoms with Gasteiger partial charge in [0.1, 0.15) is 5.75 Å². The monoisotopic (exact) mass is 277 g/mol. The van der Waals surface area contributed by atoms with E-state index in [4.69, 9.17) is 15.2 Å². The highest BCUT2D eigenvalue weighted by Gasteiger charge is 2.29. The maximum absolute atomic E-state index is 6.26. The Balaban J connectivity index is 2.02. The van der Waals surface area contributed by atoms with Crippen LogP contribution < -0.4 is 10.5 Å². The number of nitrogens with two attached hydrogens (primary N) is 1. The number of ether oxygens (including phenoxy) is 2. The molecule has 1 aliphatic carbocycles. The highest BCUT2D eigenvalue weighted by Crippen LogP contribution is 2.38. The van der Waals surface area contributed by atoms with Crippen LogP contribution in [0.3, 0.4) is 0 Å². The Morgan fingerprint density at radius 3 is 2.50 bits per heavy atom. The first-order valence-corrected chi connectivity index (χ1v) is 7.54. The minimum absolute atomic E-state index is 0.0719. The fourth-order valence-corrected chi connectivity index (χ4v) is 2.93. The molecule has 0 heterocycles. The van der Waals surface area contributed by atoms with E-state index in [1.807, 2.05) is 24.3 Å². The summed E-state index contributed by atoms with van der Waals surface area (Å²) in [5, 5.41) is 0. The van der Waals surface area contributed by atoms with Gasteiger partial charge in [0.2, 0.25) is 0 Å². The predicted octanol–water partition coefficient (Wildman–Crippen LogP) is 3.68. The molecular formula is C17H27NO2. The zero-order chi connectivity index (χ0) is 14.6. The van der Waals surface area contributed by atoms with Gasteiger partial charge in [0.25, 0.3) is 0 Å². The Labute approximate surface area is 122 Å². The summed E-state index contributed by atoms with van der Waals surface area (Å²) in [6, 6.07) is 7.99. The lowest BCUT2D eigenvalue weighted by atomic mass is 9.76. The van der Waals surface area contributed by atoms with Crippen molar-refractivity contribution in [2.45, 2.75) is 51.7 Å². The molecule has 1 aromatic carbocycles. The van der Waals surface area contributed by atoms with Gasteiger partial charge in [-0.1, -0.05) is 32.0 Å². The molecule has 3 heteroatoms. The molecule has 3 nitrogen and oxygen atoms in total. The quantitative estimate of drug-likeness (QED) is 0.893. The van der Waals surface area contributed by atoms with Crippen LogP contribution in [0, 0.1) is 5.41 Å². The standard InChI is InChI=1S/C17H27NO2/c1-17(2)10-8-13(9-11-17)20-16(12-18)14-6-4-5-7-15(14)19-3/h4-7,13,16H,8-12,18H2,1-3H3. The second kappa shape index (κ2) is 6.59. The molecule has 1 fully saturated rings. The van der Waals surface area contributed by atoms with Crippen LogP contribution in [0.25, 0.3) is 0 Å². The van der Waals surface area contributed by atoms with E-state index in [9.17, 15) is 0 Å². The van der Waals surface area contributed by atoms with Crippen molar-refractivity contribution in [2.75, 3.05) is 13.7 Å². The molecular weight excluding hydrogens is 250 g/mol. The van der Waals surface area contributed by atoms with Crippen molar-refractivity contribution in [3.05, 3.63) is 29.8 Å². The molecule has 0 bridgehead atoms. The Morgan fingerprint density at radius 1 is 1.25 bits per heavy atom. The van der Waals surface area contributed by atoms with Crippen LogP contribution in [-0.2, 0) is 4.74 Å². The summed E-state index contributed by atoms with van der Waals surface area (Å²) in [7, 11) is 1.69. The summed E-state index contributed by atoms with van der Waals surface area (Å²) in [6.07, 6.45) is 4.94. The van der Waals surface area contributed by atoms with Crippen molar-refractivity contribution in [3.8, 4) is 5.75 Å². The van der Waals surface area contributed by atoms with Crippen molar-refractivity contribution in [3.63, 3.8) is 0 Å². The molecule has 1 unspecified atom stereocenters. The van der Waals surface area contributed by atoms with Crippen LogP contribution >= 0.6 is 0 Å². The predicted molar refractivity (Wildman–Crippen MR) is 81.9 cm³/mol. The van der Waals surface area contributed by atoms with Crippen molar-refractivity contribution in [1.82, 2.24) is 0 Å². The van der Waals surface area contributed by atoms with Crippen LogP contribution in [0.4, 0.5) is 0 Å². The number of rotatable bonds is 5. The minimum Gasteiger partial charge on any atom is -0.496 e. The Kier molecular flexibility index (Phi) is 5.06. The van der Waals surface area contributed by atoms with Gasteiger partial charge in [-0.2, -0.15) is 0 Å². The van der Waals surface area contributed by atoms with Crippen molar-refractivity contribution < 1.29 is 9.47 Å². The summed E-state index contributed by atoms with van der Waals surface area (Å²) in [4.78, 5) is 0. The molecule has 0 spiro atoms. The van der Waals surface area contributed by atoms with Gasteiger partial charge in [-0.25, -0.2) is 0 Å². The molecule has 0 aromatic heterocycles. The summed E-state index contributed by atoms with van der Waals surface area (Å²) in [6.45, 7) is 5.16. The van der Waals surface area contributed by atoms with E-state index < -0.39 is 0 Å². The van der Waals surface area contributed by atoms with Crippen LogP contribution in [0.2, 0.25) is 0 Å². The zero-order valence-corrected chi connectivity index (χ0v) is 12.9. The maximum Gasteiger partial charge on any atom is 0.124 e. The molecule has 0 amide bonds. The number of hydrogen-bond acceptors (Lipinski definition) is 3. The van der Waals surface area contributed by atoms with Gasteiger partial charge >= 0.3 is 0 Å². The van der Waals surface area contributed by atoms with Crippen LogP contribution in [0.1, 0.15) is 51.2 Å². The van der Waals surface area contributed by atoms with Gasteiger partial charge < -0.3 is 15.2 Å². The molecule has 2 rings (SSSR count). The van der Waals surface area contributed by atoms with E-state index in [1.165, 1.54) is 12.8 Å². The molecule has 20 heavy (non-hydrogen) atoms. The average Bonchev–Trinajstić information content (AvgIpc) is 2.46. The molecule has 1 atom stereocenters. The largest absolute Gasteiger partial charge is 0.496 e. The summed E-state index contributed by atoms with van der Waals surface area (Å²) in [5.74, 6) is 0.860. The molecule has 0 radical (unpaired) electrons. The molecule has 0 saturated heterocycles. The van der Waals surface area contributed by atoms with Crippen molar-refractivity contribution >= 4 is 0 Å². The van der Waals surface area contributed by atoms with E-state index in [-0.39, 0.29) is 6.10 Å². The lowest BCUT2D eigenvalue weighted by molar-refractivity contribution is -0.0436. The summed E-state index contributed by atoms with van der Waals surface area (Å²) < 4.78 is 11.7. The van der Waals surface area contributed by atoms with E-state index in [1.54, 1.807) is 7.11 Å². The number of methoxy groups -OCH3 is 1. The smallest absolute Gasteiger partial charge is 0.124 e. The third-order valence-corrected chi connectivity index (χ3v) is 4.34. The van der Waals surface area contributed by atoms with Crippen molar-refractivity contribution in [2.24, 2.45) is 11.1 Å². The lowest BCUT2D eigenvalue weighted by Crippen LogP contribution is -2.29. The fourth-order valence-electron chi connectivity index (χ4n) is 2.93. The van der Waals surface area contributed by atoms with Gasteiger partial charge in [0, 0.05) is 12.1 Å². The van der Waals surface area contributed by atoms with Gasteiger partial charge in [-0.15, -0.1) is 0 Å². The third kappa shape index (κ3) is 3.74. The average molecular weight is 277 g/mol. The van der Waals surface area contributed by atoms with E-state index in [0.717, 1.165) is 24.2 Å². The second-order valence-corrected chi connectivity index (χ2v) is 6.47. The highest BCUT2D eigenvalue weighted by molar-refractivity contribution is 5.35. The molecule has 0 aliphatic heterocycles. The van der Waals surface area contributed by atoms with Crippen molar-refractivity contribution in [1.29, 1.82) is 0 Å². The molecule has 1 aliphatic rings. The van der Waals surface area contributed by atoms with Gasteiger partial charge in [0.15, 0.2) is 0 Å². The van der Waals surface area contributed by atoms with Gasteiger partial charge in [-0.3, -0.25) is 0 Å². The first-order valence-electron chi connectivity index (χ1n) is 7.54.